The average Bonchev–Trinajstić information content (AvgIpc) is 2.73. The molecule has 2 amide bonds. The molecule has 0 saturated carbocycles. The van der Waals surface area contributed by atoms with Crippen LogP contribution in [0.3, 0.4) is 0 Å². The SMILES string of the molecule is COc1cc([N+](=O)[O-])ccc1NC(=O)N1CCN(c2cccc(C(F)(F)F)c2)CC1. The van der Waals surface area contributed by atoms with Gasteiger partial charge in [0.1, 0.15) is 5.75 Å². The number of rotatable bonds is 4. The van der Waals surface area contributed by atoms with Crippen LogP contribution in [-0.4, -0.2) is 49.1 Å². The number of carbonyl (C=O) groups is 1. The van der Waals surface area contributed by atoms with E-state index in [1.807, 2.05) is 0 Å². The van der Waals surface area contributed by atoms with E-state index >= 15 is 0 Å². The van der Waals surface area contributed by atoms with E-state index in [2.05, 4.69) is 5.32 Å². The summed E-state index contributed by atoms with van der Waals surface area (Å²) in [4.78, 5) is 26.1. The maximum Gasteiger partial charge on any atom is 0.416 e. The van der Waals surface area contributed by atoms with Gasteiger partial charge in [-0.15, -0.1) is 0 Å². The van der Waals surface area contributed by atoms with Crippen molar-refractivity contribution in [1.82, 2.24) is 4.90 Å². The monoisotopic (exact) mass is 424 g/mol. The predicted octanol–water partition coefficient (Wildman–Crippen LogP) is 3.98. The number of methoxy groups -OCH3 is 1. The fourth-order valence-electron chi connectivity index (χ4n) is 3.14. The molecule has 11 heteroatoms. The van der Waals surface area contributed by atoms with Gasteiger partial charge in [-0.1, -0.05) is 6.07 Å². The first-order chi connectivity index (χ1) is 14.2. The lowest BCUT2D eigenvalue weighted by molar-refractivity contribution is -0.384. The number of non-ortho nitro benzene ring substituents is 1. The minimum absolute atomic E-state index is 0.153. The number of halogens is 3. The lowest BCUT2D eigenvalue weighted by Crippen LogP contribution is -2.50. The molecule has 3 rings (SSSR count). The number of hydrogen-bond donors (Lipinski definition) is 1. The van der Waals surface area contributed by atoms with Gasteiger partial charge in [0.05, 0.1) is 29.4 Å². The number of amides is 2. The summed E-state index contributed by atoms with van der Waals surface area (Å²) in [6.45, 7) is 1.34. The number of carbonyl (C=O) groups excluding carboxylic acids is 1. The zero-order valence-corrected chi connectivity index (χ0v) is 16.0. The van der Waals surface area contributed by atoms with Crippen LogP contribution in [0.15, 0.2) is 42.5 Å². The number of anilines is 2. The number of nitrogens with zero attached hydrogens (tertiary/aromatic N) is 3. The highest BCUT2D eigenvalue weighted by atomic mass is 19.4. The van der Waals surface area contributed by atoms with Crippen LogP contribution in [0.1, 0.15) is 5.56 Å². The van der Waals surface area contributed by atoms with Crippen molar-refractivity contribution in [2.75, 3.05) is 43.5 Å². The molecular weight excluding hydrogens is 405 g/mol. The van der Waals surface area contributed by atoms with E-state index in [0.29, 0.717) is 31.9 Å². The van der Waals surface area contributed by atoms with Crippen molar-refractivity contribution in [2.45, 2.75) is 6.18 Å². The number of nitrogens with one attached hydrogen (secondary N) is 1. The molecule has 0 aliphatic carbocycles. The molecule has 0 spiro atoms. The molecule has 1 heterocycles. The molecule has 1 N–H and O–H groups in total. The number of ether oxygens (including phenoxy) is 1. The van der Waals surface area contributed by atoms with E-state index in [-0.39, 0.29) is 17.1 Å². The third-order valence-corrected chi connectivity index (χ3v) is 4.74. The van der Waals surface area contributed by atoms with Gasteiger partial charge in [-0.25, -0.2) is 4.79 Å². The molecule has 1 fully saturated rings. The second kappa shape index (κ2) is 8.47. The normalized spacial score (nSPS) is 14.4. The molecule has 160 valence electrons. The molecule has 1 aliphatic heterocycles. The fraction of sp³-hybridized carbons (Fsp3) is 0.316. The molecule has 0 radical (unpaired) electrons. The Kier molecular flexibility index (Phi) is 5.99. The van der Waals surface area contributed by atoms with Crippen molar-refractivity contribution in [2.24, 2.45) is 0 Å². The van der Waals surface area contributed by atoms with E-state index in [1.165, 1.54) is 36.3 Å². The van der Waals surface area contributed by atoms with Gasteiger partial charge in [0, 0.05) is 37.9 Å². The Morgan fingerprint density at radius 3 is 2.43 bits per heavy atom. The van der Waals surface area contributed by atoms with Crippen molar-refractivity contribution in [3.05, 3.63) is 58.1 Å². The van der Waals surface area contributed by atoms with Crippen LogP contribution in [0.2, 0.25) is 0 Å². The number of alkyl halides is 3. The van der Waals surface area contributed by atoms with Gasteiger partial charge >= 0.3 is 12.2 Å². The van der Waals surface area contributed by atoms with Gasteiger partial charge in [0.25, 0.3) is 5.69 Å². The van der Waals surface area contributed by atoms with Crippen LogP contribution in [-0.2, 0) is 6.18 Å². The van der Waals surface area contributed by atoms with Crippen molar-refractivity contribution < 1.29 is 27.6 Å². The Morgan fingerprint density at radius 1 is 1.13 bits per heavy atom. The third-order valence-electron chi connectivity index (χ3n) is 4.74. The highest BCUT2D eigenvalue weighted by molar-refractivity contribution is 5.91. The Bertz CT molecular complexity index is 944. The molecule has 1 saturated heterocycles. The summed E-state index contributed by atoms with van der Waals surface area (Å²) >= 11 is 0. The molecule has 2 aromatic rings. The largest absolute Gasteiger partial charge is 0.494 e. The molecule has 0 aromatic heterocycles. The van der Waals surface area contributed by atoms with Crippen LogP contribution in [0.4, 0.5) is 35.0 Å². The van der Waals surface area contributed by atoms with Gasteiger partial charge in [-0.05, 0) is 24.3 Å². The molecule has 0 atom stereocenters. The first-order valence-electron chi connectivity index (χ1n) is 8.99. The van der Waals surface area contributed by atoms with Crippen LogP contribution >= 0.6 is 0 Å². The number of urea groups is 1. The number of benzene rings is 2. The summed E-state index contributed by atoms with van der Waals surface area (Å²) in [5.74, 6) is 0.153. The maximum absolute atomic E-state index is 12.9. The van der Waals surface area contributed by atoms with Crippen LogP contribution in [0.5, 0.6) is 5.75 Å². The highest BCUT2D eigenvalue weighted by Crippen LogP contribution is 2.32. The Morgan fingerprint density at radius 2 is 1.83 bits per heavy atom. The lowest BCUT2D eigenvalue weighted by atomic mass is 10.1. The van der Waals surface area contributed by atoms with Gasteiger partial charge in [0.15, 0.2) is 0 Å². The first-order valence-corrected chi connectivity index (χ1v) is 8.99. The van der Waals surface area contributed by atoms with Crippen LogP contribution in [0.25, 0.3) is 0 Å². The molecular formula is C19H19F3N4O4. The van der Waals surface area contributed by atoms with E-state index in [9.17, 15) is 28.1 Å². The minimum atomic E-state index is -4.42. The van der Waals surface area contributed by atoms with E-state index < -0.39 is 22.7 Å². The number of nitro groups is 1. The summed E-state index contributed by atoms with van der Waals surface area (Å²) in [5, 5.41) is 13.5. The van der Waals surface area contributed by atoms with E-state index in [0.717, 1.165) is 12.1 Å². The summed E-state index contributed by atoms with van der Waals surface area (Å²) < 4.78 is 43.8. The zero-order valence-electron chi connectivity index (χ0n) is 16.0. The van der Waals surface area contributed by atoms with Crippen LogP contribution in [0, 0.1) is 10.1 Å². The van der Waals surface area contributed by atoms with Gasteiger partial charge in [-0.3, -0.25) is 10.1 Å². The van der Waals surface area contributed by atoms with Crippen molar-refractivity contribution in [3.8, 4) is 5.75 Å². The topological polar surface area (TPSA) is 87.9 Å². The summed E-state index contributed by atoms with van der Waals surface area (Å²) in [5.41, 5.74) is -0.152. The average molecular weight is 424 g/mol. The number of hydrogen-bond acceptors (Lipinski definition) is 5. The molecule has 1 aliphatic rings. The third kappa shape index (κ3) is 4.73. The van der Waals surface area contributed by atoms with Gasteiger partial charge in [0.2, 0.25) is 0 Å². The predicted molar refractivity (Wildman–Crippen MR) is 104 cm³/mol. The zero-order chi connectivity index (χ0) is 21.9. The summed E-state index contributed by atoms with van der Waals surface area (Å²) in [6.07, 6.45) is -4.42. The second-order valence-corrected chi connectivity index (χ2v) is 6.59. The van der Waals surface area contributed by atoms with Gasteiger partial charge in [-0.2, -0.15) is 13.2 Å². The standard InChI is InChI=1S/C19H19F3N4O4/c1-30-17-12-15(26(28)29)5-6-16(17)23-18(27)25-9-7-24(8-10-25)14-4-2-3-13(11-14)19(20,21)22/h2-6,11-12H,7-10H2,1H3,(H,23,27). The molecule has 8 nitrogen and oxygen atoms in total. The molecule has 0 bridgehead atoms. The number of piperazine rings is 1. The van der Waals surface area contributed by atoms with Crippen molar-refractivity contribution in [1.29, 1.82) is 0 Å². The molecule has 0 unspecified atom stereocenters. The van der Waals surface area contributed by atoms with E-state index in [4.69, 9.17) is 4.74 Å². The summed E-state index contributed by atoms with van der Waals surface area (Å²) in [7, 11) is 1.34. The molecule has 2 aromatic carbocycles. The Balaban J connectivity index is 1.63. The van der Waals surface area contributed by atoms with Crippen LogP contribution < -0.4 is 15.0 Å². The Hall–Kier alpha value is -3.50. The maximum atomic E-state index is 12.9. The minimum Gasteiger partial charge on any atom is -0.494 e. The quantitative estimate of drug-likeness (QED) is 0.593. The smallest absolute Gasteiger partial charge is 0.416 e. The van der Waals surface area contributed by atoms with Crippen molar-refractivity contribution in [3.63, 3.8) is 0 Å². The van der Waals surface area contributed by atoms with E-state index in [1.54, 1.807) is 11.0 Å². The molecule has 30 heavy (non-hydrogen) atoms. The highest BCUT2D eigenvalue weighted by Gasteiger charge is 2.31. The van der Waals surface area contributed by atoms with Crippen molar-refractivity contribution >= 4 is 23.1 Å². The van der Waals surface area contributed by atoms with Gasteiger partial charge < -0.3 is 19.9 Å². The Labute approximate surface area is 170 Å². The first kappa shape index (κ1) is 21.2. The number of nitro benzene ring substituents is 1. The second-order valence-electron chi connectivity index (χ2n) is 6.59. The fourth-order valence-corrected chi connectivity index (χ4v) is 3.14. The lowest BCUT2D eigenvalue weighted by Gasteiger charge is -2.36. The summed E-state index contributed by atoms with van der Waals surface area (Å²) in [6, 6.07) is 8.50.